The van der Waals surface area contributed by atoms with Gasteiger partial charge in [0.15, 0.2) is 0 Å². The van der Waals surface area contributed by atoms with Crippen molar-refractivity contribution in [1.29, 1.82) is 0 Å². The minimum Gasteiger partial charge on any atom is -0.376 e. The van der Waals surface area contributed by atoms with E-state index < -0.39 is 29.0 Å². The first-order chi connectivity index (χ1) is 11.4. The van der Waals surface area contributed by atoms with Crippen molar-refractivity contribution in [2.75, 3.05) is 6.61 Å². The van der Waals surface area contributed by atoms with Gasteiger partial charge >= 0.3 is 5.69 Å². The van der Waals surface area contributed by atoms with Crippen molar-refractivity contribution >= 4 is 0 Å². The number of H-pyrrole nitrogens is 1. The molecule has 0 saturated heterocycles. The van der Waals surface area contributed by atoms with Crippen molar-refractivity contribution in [3.63, 3.8) is 0 Å². The van der Waals surface area contributed by atoms with E-state index >= 15 is 0 Å². The molecule has 128 valence electrons. The van der Waals surface area contributed by atoms with Gasteiger partial charge in [-0.25, -0.2) is 13.6 Å². The van der Waals surface area contributed by atoms with Crippen molar-refractivity contribution in [3.8, 4) is 0 Å². The Morgan fingerprint density at radius 3 is 2.62 bits per heavy atom. The number of hydrogen-bond donors (Lipinski definition) is 1. The van der Waals surface area contributed by atoms with Gasteiger partial charge in [-0.1, -0.05) is 30.3 Å². The van der Waals surface area contributed by atoms with E-state index in [1.54, 1.807) is 0 Å². The molecule has 1 N–H and O–H groups in total. The van der Waals surface area contributed by atoms with Crippen LogP contribution in [0.5, 0.6) is 0 Å². The van der Waals surface area contributed by atoms with Crippen molar-refractivity contribution < 1.29 is 13.5 Å². The summed E-state index contributed by atoms with van der Waals surface area (Å²) in [5.41, 5.74) is 0.0692. The van der Waals surface area contributed by atoms with Crippen LogP contribution >= 0.6 is 0 Å². The van der Waals surface area contributed by atoms with Crippen LogP contribution in [0.1, 0.15) is 11.1 Å². The molecule has 0 aliphatic heterocycles. The third-order valence-corrected chi connectivity index (χ3v) is 4.36. The van der Waals surface area contributed by atoms with Crippen LogP contribution in [0.4, 0.5) is 8.78 Å². The Kier molecular flexibility index (Phi) is 4.36. The molecule has 0 radical (unpaired) electrons. The van der Waals surface area contributed by atoms with Gasteiger partial charge in [-0.2, -0.15) is 0 Å². The monoisotopic (exact) mass is 336 g/mol. The minimum atomic E-state index is -2.86. The summed E-state index contributed by atoms with van der Waals surface area (Å²) in [4.78, 5) is 25.2. The minimum absolute atomic E-state index is 0.0658. The van der Waals surface area contributed by atoms with Gasteiger partial charge in [-0.3, -0.25) is 14.3 Å². The summed E-state index contributed by atoms with van der Waals surface area (Å²) in [7, 11) is 0. The van der Waals surface area contributed by atoms with E-state index in [0.717, 1.165) is 10.1 Å². The number of alkyl halides is 2. The third kappa shape index (κ3) is 3.31. The number of aromatic amines is 1. The second-order valence-electron chi connectivity index (χ2n) is 6.11. The fourth-order valence-electron chi connectivity index (χ4n) is 2.78. The molecule has 2 aromatic rings. The zero-order valence-corrected chi connectivity index (χ0v) is 13.2. The van der Waals surface area contributed by atoms with E-state index in [2.05, 4.69) is 4.98 Å². The number of nitrogens with zero attached hydrogens (tertiary/aromatic N) is 1. The Labute approximate surface area is 136 Å². The Hall–Kier alpha value is -2.28. The molecule has 1 aliphatic carbocycles. The molecule has 1 heterocycles. The predicted molar refractivity (Wildman–Crippen MR) is 84.1 cm³/mol. The molecule has 0 bridgehead atoms. The molecule has 5 nitrogen and oxygen atoms in total. The van der Waals surface area contributed by atoms with Crippen LogP contribution in [0.3, 0.4) is 0 Å². The Balaban J connectivity index is 1.60. The summed E-state index contributed by atoms with van der Waals surface area (Å²) < 4.78 is 34.4. The summed E-state index contributed by atoms with van der Waals surface area (Å²) in [6.07, 6.45) is 1.32. The third-order valence-electron chi connectivity index (χ3n) is 4.36. The van der Waals surface area contributed by atoms with Crippen molar-refractivity contribution in [2.45, 2.75) is 26.0 Å². The highest BCUT2D eigenvalue weighted by atomic mass is 19.3. The molecule has 0 amide bonds. The number of halogens is 2. The first-order valence-electron chi connectivity index (χ1n) is 7.69. The Morgan fingerprint density at radius 2 is 1.92 bits per heavy atom. The molecule has 0 unspecified atom stereocenters. The Morgan fingerprint density at radius 1 is 1.21 bits per heavy atom. The van der Waals surface area contributed by atoms with Crippen LogP contribution in [0.2, 0.25) is 0 Å². The fourth-order valence-corrected chi connectivity index (χ4v) is 2.78. The van der Waals surface area contributed by atoms with Gasteiger partial charge in [0.05, 0.1) is 25.0 Å². The topological polar surface area (TPSA) is 64.1 Å². The van der Waals surface area contributed by atoms with Crippen LogP contribution in [0.25, 0.3) is 0 Å². The lowest BCUT2D eigenvalue weighted by atomic mass is 10.2. The second kappa shape index (κ2) is 6.32. The van der Waals surface area contributed by atoms with E-state index in [4.69, 9.17) is 4.74 Å². The smallest absolute Gasteiger partial charge is 0.328 e. The zero-order chi connectivity index (χ0) is 17.3. The summed E-state index contributed by atoms with van der Waals surface area (Å²) in [5.74, 6) is -4.74. The standard InChI is InChI=1S/C17H18F2N2O3/c1-11-7-21(16(23)20-15(11)22)8-13-14(17(13,18)19)10-24-9-12-5-3-2-4-6-12/h2-7,13-14H,8-10H2,1H3,(H,20,22,23)/t13-,14+/m0/s1. The van der Waals surface area contributed by atoms with E-state index in [1.807, 2.05) is 30.3 Å². The van der Waals surface area contributed by atoms with Crippen LogP contribution in [0.15, 0.2) is 46.1 Å². The highest BCUT2D eigenvalue weighted by Crippen LogP contribution is 2.56. The van der Waals surface area contributed by atoms with Gasteiger partial charge in [0.1, 0.15) is 0 Å². The molecule has 3 rings (SSSR count). The zero-order valence-electron chi connectivity index (χ0n) is 13.2. The second-order valence-corrected chi connectivity index (χ2v) is 6.11. The molecular formula is C17H18F2N2O3. The summed E-state index contributed by atoms with van der Waals surface area (Å²) >= 11 is 0. The molecule has 0 spiro atoms. The molecule has 7 heteroatoms. The first kappa shape index (κ1) is 16.6. The first-order valence-corrected chi connectivity index (χ1v) is 7.69. The lowest BCUT2D eigenvalue weighted by Crippen LogP contribution is -2.31. The summed E-state index contributed by atoms with van der Waals surface area (Å²) in [6, 6.07) is 9.32. The maximum atomic E-state index is 13.9. The van der Waals surface area contributed by atoms with E-state index in [-0.39, 0.29) is 19.8 Å². The molecular weight excluding hydrogens is 318 g/mol. The maximum absolute atomic E-state index is 13.9. The van der Waals surface area contributed by atoms with Crippen molar-refractivity contribution in [2.24, 2.45) is 11.8 Å². The predicted octanol–water partition coefficient (Wildman–Crippen LogP) is 1.94. The Bertz CT molecular complexity index is 830. The summed E-state index contributed by atoms with van der Waals surface area (Å²) in [6.45, 7) is 1.60. The van der Waals surface area contributed by atoms with Gasteiger partial charge in [0.25, 0.3) is 11.5 Å². The number of aryl methyl sites for hydroxylation is 1. The molecule has 24 heavy (non-hydrogen) atoms. The lowest BCUT2D eigenvalue weighted by molar-refractivity contribution is 0.0454. The number of aromatic nitrogens is 2. The largest absolute Gasteiger partial charge is 0.376 e. The fraction of sp³-hybridized carbons (Fsp3) is 0.412. The molecule has 1 saturated carbocycles. The van der Waals surface area contributed by atoms with Gasteiger partial charge in [-0.15, -0.1) is 0 Å². The normalized spacial score (nSPS) is 21.6. The van der Waals surface area contributed by atoms with E-state index in [9.17, 15) is 18.4 Å². The SMILES string of the molecule is Cc1cn(C[C@H]2[C@@H](COCc3ccccc3)C2(F)F)c(=O)[nH]c1=O. The quantitative estimate of drug-likeness (QED) is 0.877. The number of hydrogen-bond acceptors (Lipinski definition) is 3. The molecule has 1 aromatic carbocycles. The van der Waals surface area contributed by atoms with E-state index in [0.29, 0.717) is 5.56 Å². The summed E-state index contributed by atoms with van der Waals surface area (Å²) in [5, 5.41) is 0. The number of nitrogens with one attached hydrogen (secondary N) is 1. The molecule has 1 aliphatic rings. The molecule has 1 fully saturated rings. The highest BCUT2D eigenvalue weighted by molar-refractivity contribution is 5.13. The van der Waals surface area contributed by atoms with Crippen LogP contribution in [-0.4, -0.2) is 22.1 Å². The highest BCUT2D eigenvalue weighted by Gasteiger charge is 2.67. The van der Waals surface area contributed by atoms with Gasteiger partial charge in [0, 0.05) is 18.3 Å². The average molecular weight is 336 g/mol. The average Bonchev–Trinajstić information content (AvgIpc) is 3.06. The molecule has 1 aromatic heterocycles. The number of rotatable bonds is 6. The van der Waals surface area contributed by atoms with Crippen LogP contribution in [0, 0.1) is 18.8 Å². The molecule has 2 atom stereocenters. The van der Waals surface area contributed by atoms with Crippen molar-refractivity contribution in [1.82, 2.24) is 9.55 Å². The van der Waals surface area contributed by atoms with Gasteiger partial charge in [-0.05, 0) is 12.5 Å². The van der Waals surface area contributed by atoms with Gasteiger partial charge < -0.3 is 4.74 Å². The lowest BCUT2D eigenvalue weighted by Gasteiger charge is -2.05. The van der Waals surface area contributed by atoms with E-state index in [1.165, 1.54) is 13.1 Å². The number of benzene rings is 1. The van der Waals surface area contributed by atoms with Gasteiger partial charge in [0.2, 0.25) is 0 Å². The van der Waals surface area contributed by atoms with Crippen molar-refractivity contribution in [3.05, 3.63) is 68.5 Å². The maximum Gasteiger partial charge on any atom is 0.328 e. The number of ether oxygens (including phenoxy) is 1. The van der Waals surface area contributed by atoms with Crippen LogP contribution < -0.4 is 11.2 Å². The van der Waals surface area contributed by atoms with Crippen LogP contribution in [-0.2, 0) is 17.9 Å².